The summed E-state index contributed by atoms with van der Waals surface area (Å²) in [5.74, 6) is 1.75. The third-order valence-corrected chi connectivity index (χ3v) is 5.48. The van der Waals surface area contributed by atoms with E-state index in [1.165, 1.54) is 43.6 Å². The highest BCUT2D eigenvalue weighted by atomic mass is 16.5. The molecule has 1 saturated heterocycles. The van der Waals surface area contributed by atoms with Crippen LogP contribution in [0.5, 0.6) is 5.75 Å². The largest absolute Gasteiger partial charge is 0.497 e. The first kappa shape index (κ1) is 18.9. The van der Waals surface area contributed by atoms with E-state index in [1.54, 1.807) is 7.11 Å². The molecule has 1 aliphatic heterocycles. The third kappa shape index (κ3) is 5.86. The Morgan fingerprint density at radius 2 is 1.65 bits per heavy atom. The standard InChI is InChI=1S/C23H32N2O/c1-24-15-12-22(13-16-24)19-25(17-14-20-6-4-3-5-7-20)18-21-8-10-23(26-2)11-9-21/h3-11,22H,12-19H2,1-2H3. The van der Waals surface area contributed by atoms with Crippen molar-refractivity contribution in [2.45, 2.75) is 25.8 Å². The van der Waals surface area contributed by atoms with Crippen molar-refractivity contribution in [3.8, 4) is 5.75 Å². The first-order chi connectivity index (χ1) is 12.7. The summed E-state index contributed by atoms with van der Waals surface area (Å²) in [5.41, 5.74) is 2.79. The van der Waals surface area contributed by atoms with Crippen LogP contribution in [0.3, 0.4) is 0 Å². The van der Waals surface area contributed by atoms with Gasteiger partial charge in [0.25, 0.3) is 0 Å². The Kier molecular flexibility index (Phi) is 7.10. The lowest BCUT2D eigenvalue weighted by atomic mass is 9.96. The van der Waals surface area contributed by atoms with Crippen molar-refractivity contribution in [3.63, 3.8) is 0 Å². The summed E-state index contributed by atoms with van der Waals surface area (Å²) in [5, 5.41) is 0. The summed E-state index contributed by atoms with van der Waals surface area (Å²) >= 11 is 0. The predicted molar refractivity (Wildman–Crippen MR) is 109 cm³/mol. The summed E-state index contributed by atoms with van der Waals surface area (Å²) in [7, 11) is 3.96. The fourth-order valence-electron chi connectivity index (χ4n) is 3.77. The minimum atomic E-state index is 0.820. The van der Waals surface area contributed by atoms with Crippen LogP contribution in [-0.4, -0.2) is 50.1 Å². The van der Waals surface area contributed by atoms with Gasteiger partial charge in [-0.15, -0.1) is 0 Å². The van der Waals surface area contributed by atoms with Gasteiger partial charge in [-0.05, 0) is 68.6 Å². The smallest absolute Gasteiger partial charge is 0.118 e. The summed E-state index contributed by atoms with van der Waals surface area (Å²) in [6.45, 7) is 5.80. The van der Waals surface area contributed by atoms with E-state index in [-0.39, 0.29) is 0 Å². The Bertz CT molecular complexity index is 633. The van der Waals surface area contributed by atoms with Crippen molar-refractivity contribution >= 4 is 0 Å². The number of piperidine rings is 1. The predicted octanol–water partition coefficient (Wildman–Crippen LogP) is 4.08. The van der Waals surface area contributed by atoms with Crippen molar-refractivity contribution in [1.82, 2.24) is 9.80 Å². The Balaban J connectivity index is 1.61. The molecule has 0 bridgehead atoms. The molecule has 26 heavy (non-hydrogen) atoms. The van der Waals surface area contributed by atoms with E-state index in [0.29, 0.717) is 0 Å². The van der Waals surface area contributed by atoms with Crippen LogP contribution in [-0.2, 0) is 13.0 Å². The minimum Gasteiger partial charge on any atom is -0.497 e. The van der Waals surface area contributed by atoms with Crippen molar-refractivity contribution in [2.75, 3.05) is 40.3 Å². The third-order valence-electron chi connectivity index (χ3n) is 5.48. The molecule has 0 saturated carbocycles. The van der Waals surface area contributed by atoms with Crippen LogP contribution in [0.25, 0.3) is 0 Å². The monoisotopic (exact) mass is 352 g/mol. The van der Waals surface area contributed by atoms with Gasteiger partial charge in [-0.1, -0.05) is 42.5 Å². The molecule has 140 valence electrons. The van der Waals surface area contributed by atoms with Crippen LogP contribution >= 0.6 is 0 Å². The lowest BCUT2D eigenvalue weighted by molar-refractivity contribution is 0.157. The van der Waals surface area contributed by atoms with Gasteiger partial charge in [0.05, 0.1) is 7.11 Å². The fraction of sp³-hybridized carbons (Fsp3) is 0.478. The SMILES string of the molecule is COc1ccc(CN(CCc2ccccc2)CC2CCN(C)CC2)cc1. The second kappa shape index (κ2) is 9.75. The molecule has 0 aliphatic carbocycles. The summed E-state index contributed by atoms with van der Waals surface area (Å²) < 4.78 is 5.29. The zero-order valence-corrected chi connectivity index (χ0v) is 16.2. The highest BCUT2D eigenvalue weighted by Crippen LogP contribution is 2.20. The lowest BCUT2D eigenvalue weighted by Crippen LogP contribution is -2.37. The van der Waals surface area contributed by atoms with E-state index in [4.69, 9.17) is 4.74 Å². The summed E-state index contributed by atoms with van der Waals surface area (Å²) in [6, 6.07) is 19.4. The fourth-order valence-corrected chi connectivity index (χ4v) is 3.77. The van der Waals surface area contributed by atoms with Gasteiger partial charge < -0.3 is 9.64 Å². The lowest BCUT2D eigenvalue weighted by Gasteiger charge is -2.33. The first-order valence-corrected chi connectivity index (χ1v) is 9.80. The van der Waals surface area contributed by atoms with Crippen molar-refractivity contribution < 1.29 is 4.74 Å². The number of ether oxygens (including phenoxy) is 1. The van der Waals surface area contributed by atoms with Gasteiger partial charge in [-0.25, -0.2) is 0 Å². The second-order valence-electron chi connectivity index (χ2n) is 7.57. The van der Waals surface area contributed by atoms with Gasteiger partial charge in [0.1, 0.15) is 5.75 Å². The number of likely N-dealkylation sites (tertiary alicyclic amines) is 1. The number of nitrogens with zero attached hydrogens (tertiary/aromatic N) is 2. The molecule has 0 unspecified atom stereocenters. The zero-order chi connectivity index (χ0) is 18.2. The Labute approximate surface area is 158 Å². The van der Waals surface area contributed by atoms with Gasteiger partial charge in [0.15, 0.2) is 0 Å². The van der Waals surface area contributed by atoms with Crippen LogP contribution in [0.1, 0.15) is 24.0 Å². The van der Waals surface area contributed by atoms with Gasteiger partial charge in [-0.2, -0.15) is 0 Å². The number of rotatable bonds is 8. The molecule has 2 aromatic rings. The average molecular weight is 353 g/mol. The van der Waals surface area contributed by atoms with E-state index in [1.807, 2.05) is 0 Å². The minimum absolute atomic E-state index is 0.820. The van der Waals surface area contributed by atoms with Gasteiger partial charge >= 0.3 is 0 Å². The van der Waals surface area contributed by atoms with Gasteiger partial charge in [-0.3, -0.25) is 4.90 Å². The molecule has 1 fully saturated rings. The molecule has 0 radical (unpaired) electrons. The van der Waals surface area contributed by atoms with Crippen LogP contribution in [0.15, 0.2) is 54.6 Å². The second-order valence-corrected chi connectivity index (χ2v) is 7.57. The Morgan fingerprint density at radius 1 is 0.962 bits per heavy atom. The molecule has 3 nitrogen and oxygen atoms in total. The maximum Gasteiger partial charge on any atom is 0.118 e. The maximum absolute atomic E-state index is 5.29. The normalized spacial score (nSPS) is 16.1. The zero-order valence-electron chi connectivity index (χ0n) is 16.2. The van der Waals surface area contributed by atoms with E-state index in [9.17, 15) is 0 Å². The number of hydrogen-bond acceptors (Lipinski definition) is 3. The van der Waals surface area contributed by atoms with Crippen LogP contribution in [0, 0.1) is 5.92 Å². The quantitative estimate of drug-likeness (QED) is 0.712. The number of methoxy groups -OCH3 is 1. The summed E-state index contributed by atoms with van der Waals surface area (Å²) in [4.78, 5) is 5.10. The molecule has 3 rings (SSSR count). The number of benzene rings is 2. The maximum atomic E-state index is 5.29. The molecular weight excluding hydrogens is 320 g/mol. The van der Waals surface area contributed by atoms with E-state index < -0.39 is 0 Å². The molecule has 1 aliphatic rings. The van der Waals surface area contributed by atoms with E-state index >= 15 is 0 Å². The van der Waals surface area contributed by atoms with Crippen LogP contribution < -0.4 is 4.74 Å². The van der Waals surface area contributed by atoms with E-state index in [0.717, 1.165) is 31.2 Å². The van der Waals surface area contributed by atoms with Crippen molar-refractivity contribution in [2.24, 2.45) is 5.92 Å². The molecule has 2 aromatic carbocycles. The molecule has 0 spiro atoms. The van der Waals surface area contributed by atoms with Crippen molar-refractivity contribution in [1.29, 1.82) is 0 Å². The summed E-state index contributed by atoms with van der Waals surface area (Å²) in [6.07, 6.45) is 3.76. The molecule has 0 amide bonds. The molecule has 0 N–H and O–H groups in total. The van der Waals surface area contributed by atoms with Gasteiger partial charge in [0, 0.05) is 19.6 Å². The average Bonchev–Trinajstić information content (AvgIpc) is 2.69. The van der Waals surface area contributed by atoms with Crippen LogP contribution in [0.4, 0.5) is 0 Å². The Hall–Kier alpha value is -1.84. The van der Waals surface area contributed by atoms with Crippen LogP contribution in [0.2, 0.25) is 0 Å². The molecule has 0 aromatic heterocycles. The van der Waals surface area contributed by atoms with Gasteiger partial charge in [0.2, 0.25) is 0 Å². The molecule has 1 heterocycles. The first-order valence-electron chi connectivity index (χ1n) is 9.80. The topological polar surface area (TPSA) is 15.7 Å². The highest BCUT2D eigenvalue weighted by molar-refractivity contribution is 5.27. The van der Waals surface area contributed by atoms with Crippen molar-refractivity contribution in [3.05, 3.63) is 65.7 Å². The highest BCUT2D eigenvalue weighted by Gasteiger charge is 2.19. The van der Waals surface area contributed by atoms with E-state index in [2.05, 4.69) is 71.4 Å². The Morgan fingerprint density at radius 3 is 2.31 bits per heavy atom. The molecular formula is C23H32N2O. The molecule has 0 atom stereocenters. The number of hydrogen-bond donors (Lipinski definition) is 0. The molecule has 3 heteroatoms.